The van der Waals surface area contributed by atoms with Crippen LogP contribution in [-0.2, 0) is 11.2 Å². The summed E-state index contributed by atoms with van der Waals surface area (Å²) in [5.74, 6) is 0.929. The Morgan fingerprint density at radius 1 is 1.41 bits per heavy atom. The molecule has 6 heteroatoms. The van der Waals surface area contributed by atoms with Crippen LogP contribution in [0.3, 0.4) is 0 Å². The van der Waals surface area contributed by atoms with E-state index in [4.69, 9.17) is 10.2 Å². The first kappa shape index (κ1) is 18.5. The molecule has 0 aliphatic carbocycles. The highest BCUT2D eigenvalue weighted by Crippen LogP contribution is 2.18. The molecular formula is C16H24ClN3O2. The number of carbonyl (C=O) groups is 1. The lowest BCUT2D eigenvalue weighted by Crippen LogP contribution is -2.42. The van der Waals surface area contributed by atoms with Gasteiger partial charge in [0.05, 0.1) is 6.04 Å². The second kappa shape index (κ2) is 8.15. The van der Waals surface area contributed by atoms with E-state index < -0.39 is 6.04 Å². The predicted molar refractivity (Wildman–Crippen MR) is 90.1 cm³/mol. The minimum absolute atomic E-state index is 0. The molecule has 1 aromatic carbocycles. The molecule has 1 aromatic heterocycles. The van der Waals surface area contributed by atoms with Crippen LogP contribution < -0.4 is 11.1 Å². The molecule has 0 aliphatic rings. The van der Waals surface area contributed by atoms with Gasteiger partial charge in [0.2, 0.25) is 5.91 Å². The zero-order valence-electron chi connectivity index (χ0n) is 13.3. The zero-order chi connectivity index (χ0) is 15.4. The summed E-state index contributed by atoms with van der Waals surface area (Å²) in [6.45, 7) is 6.58. The normalized spacial score (nSPS) is 12.2. The van der Waals surface area contributed by atoms with E-state index in [1.807, 2.05) is 39.0 Å². The molecule has 0 spiro atoms. The Balaban J connectivity index is 0.00000242. The first-order valence-corrected chi connectivity index (χ1v) is 7.35. The lowest BCUT2D eigenvalue weighted by molar-refractivity contribution is -0.122. The molecule has 0 bridgehead atoms. The van der Waals surface area contributed by atoms with Gasteiger partial charge < -0.3 is 15.5 Å². The fraction of sp³-hybridized carbons (Fsp3) is 0.500. The van der Waals surface area contributed by atoms with Gasteiger partial charge in [-0.1, -0.05) is 26.0 Å². The number of benzene rings is 1. The van der Waals surface area contributed by atoms with E-state index in [2.05, 4.69) is 10.3 Å². The van der Waals surface area contributed by atoms with Gasteiger partial charge in [-0.2, -0.15) is 0 Å². The molecule has 0 fully saturated rings. The number of aryl methyl sites for hydroxylation is 1. The van der Waals surface area contributed by atoms with E-state index in [0.717, 1.165) is 16.7 Å². The second-order valence-corrected chi connectivity index (χ2v) is 5.81. The van der Waals surface area contributed by atoms with Crippen molar-refractivity contribution in [3.63, 3.8) is 0 Å². The number of halogens is 1. The smallest absolute Gasteiger partial charge is 0.236 e. The highest BCUT2D eigenvalue weighted by molar-refractivity contribution is 5.85. The van der Waals surface area contributed by atoms with Crippen molar-refractivity contribution in [2.24, 2.45) is 11.7 Å². The number of nitrogens with two attached hydrogens (primary N) is 1. The fourth-order valence-corrected chi connectivity index (χ4v) is 2.28. The quantitative estimate of drug-likeness (QED) is 0.855. The maximum atomic E-state index is 11.8. The van der Waals surface area contributed by atoms with Crippen molar-refractivity contribution in [1.29, 1.82) is 0 Å². The minimum Gasteiger partial charge on any atom is -0.441 e. The summed E-state index contributed by atoms with van der Waals surface area (Å²) in [6, 6.07) is 5.40. The third-order valence-electron chi connectivity index (χ3n) is 3.37. The molecule has 5 nitrogen and oxygen atoms in total. The molecule has 3 N–H and O–H groups in total. The minimum atomic E-state index is -0.448. The second-order valence-electron chi connectivity index (χ2n) is 5.81. The molecule has 0 unspecified atom stereocenters. The number of oxazole rings is 1. The number of nitrogens with one attached hydrogen (secondary N) is 1. The van der Waals surface area contributed by atoms with Gasteiger partial charge in [-0.05, 0) is 30.9 Å². The molecule has 2 rings (SSSR count). The van der Waals surface area contributed by atoms with Crippen molar-refractivity contribution in [2.75, 3.05) is 6.54 Å². The molecule has 22 heavy (non-hydrogen) atoms. The van der Waals surface area contributed by atoms with Crippen LogP contribution in [0.15, 0.2) is 22.6 Å². The Labute approximate surface area is 137 Å². The predicted octanol–water partition coefficient (Wildman–Crippen LogP) is 2.59. The van der Waals surface area contributed by atoms with Crippen LogP contribution in [0.25, 0.3) is 11.1 Å². The number of para-hydroxylation sites is 1. The van der Waals surface area contributed by atoms with Crippen molar-refractivity contribution >= 4 is 29.4 Å². The summed E-state index contributed by atoms with van der Waals surface area (Å²) in [4.78, 5) is 16.3. The van der Waals surface area contributed by atoms with Gasteiger partial charge in [0, 0.05) is 13.0 Å². The van der Waals surface area contributed by atoms with Crippen LogP contribution in [0, 0.1) is 12.8 Å². The van der Waals surface area contributed by atoms with Gasteiger partial charge in [-0.15, -0.1) is 12.4 Å². The van der Waals surface area contributed by atoms with Crippen molar-refractivity contribution < 1.29 is 9.21 Å². The van der Waals surface area contributed by atoms with Crippen LogP contribution in [-0.4, -0.2) is 23.5 Å². The third-order valence-corrected chi connectivity index (χ3v) is 3.37. The molecule has 0 aliphatic heterocycles. The molecule has 1 atom stereocenters. The molecule has 122 valence electrons. The molecule has 0 saturated carbocycles. The lowest BCUT2D eigenvalue weighted by Gasteiger charge is -2.13. The molecular weight excluding hydrogens is 302 g/mol. The molecule has 0 saturated heterocycles. The van der Waals surface area contributed by atoms with Gasteiger partial charge in [0.15, 0.2) is 11.5 Å². The Bertz CT molecular complexity index is 625. The average molecular weight is 326 g/mol. The monoisotopic (exact) mass is 325 g/mol. The van der Waals surface area contributed by atoms with Gasteiger partial charge in [-0.25, -0.2) is 4.98 Å². The van der Waals surface area contributed by atoms with Crippen LogP contribution in [0.4, 0.5) is 0 Å². The van der Waals surface area contributed by atoms with E-state index in [1.54, 1.807) is 0 Å². The van der Waals surface area contributed by atoms with Crippen molar-refractivity contribution in [1.82, 2.24) is 10.3 Å². The topological polar surface area (TPSA) is 81.2 Å². The SMILES string of the molecule is Cc1cccc2oc(CCNC(=O)[C@@H](N)CC(C)C)nc12.Cl. The van der Waals surface area contributed by atoms with E-state index in [-0.39, 0.29) is 18.3 Å². The summed E-state index contributed by atoms with van der Waals surface area (Å²) < 4.78 is 5.66. The van der Waals surface area contributed by atoms with Crippen LogP contribution in [0.5, 0.6) is 0 Å². The van der Waals surface area contributed by atoms with Gasteiger partial charge >= 0.3 is 0 Å². The summed E-state index contributed by atoms with van der Waals surface area (Å²) in [5, 5.41) is 2.83. The maximum Gasteiger partial charge on any atom is 0.236 e. The average Bonchev–Trinajstić information content (AvgIpc) is 2.82. The van der Waals surface area contributed by atoms with Crippen molar-refractivity contribution in [3.05, 3.63) is 29.7 Å². The largest absolute Gasteiger partial charge is 0.441 e. The first-order valence-electron chi connectivity index (χ1n) is 7.35. The molecule has 1 amide bonds. The van der Waals surface area contributed by atoms with Crippen LogP contribution >= 0.6 is 12.4 Å². The highest BCUT2D eigenvalue weighted by Gasteiger charge is 2.15. The number of amides is 1. The Morgan fingerprint density at radius 3 is 2.77 bits per heavy atom. The summed E-state index contributed by atoms with van der Waals surface area (Å²) in [7, 11) is 0. The zero-order valence-corrected chi connectivity index (χ0v) is 14.1. The Kier molecular flexibility index (Phi) is 6.84. The Morgan fingerprint density at radius 2 is 2.14 bits per heavy atom. The number of hydrogen-bond acceptors (Lipinski definition) is 4. The number of rotatable bonds is 6. The van der Waals surface area contributed by atoms with Crippen molar-refractivity contribution in [3.8, 4) is 0 Å². The van der Waals surface area contributed by atoms with E-state index in [9.17, 15) is 4.79 Å². The number of hydrogen-bond donors (Lipinski definition) is 2. The van der Waals surface area contributed by atoms with E-state index in [1.165, 1.54) is 0 Å². The summed E-state index contributed by atoms with van der Waals surface area (Å²) in [6.07, 6.45) is 1.25. The van der Waals surface area contributed by atoms with Gasteiger partial charge in [-0.3, -0.25) is 4.79 Å². The van der Waals surface area contributed by atoms with Crippen LogP contribution in [0.1, 0.15) is 31.7 Å². The van der Waals surface area contributed by atoms with Crippen LogP contribution in [0.2, 0.25) is 0 Å². The third kappa shape index (κ3) is 4.71. The van der Waals surface area contributed by atoms with Gasteiger partial charge in [0.25, 0.3) is 0 Å². The lowest BCUT2D eigenvalue weighted by atomic mass is 10.0. The number of nitrogens with zero attached hydrogens (tertiary/aromatic N) is 1. The number of carbonyl (C=O) groups excluding carboxylic acids is 1. The van der Waals surface area contributed by atoms with Crippen molar-refractivity contribution in [2.45, 2.75) is 39.7 Å². The highest BCUT2D eigenvalue weighted by atomic mass is 35.5. The standard InChI is InChI=1S/C16H23N3O2.ClH/c1-10(2)9-12(17)16(20)18-8-7-14-19-15-11(3)5-4-6-13(15)21-14;/h4-6,10,12H,7-9,17H2,1-3H3,(H,18,20);1H/t12-;/m0./s1. The first-order chi connectivity index (χ1) is 9.97. The molecule has 0 radical (unpaired) electrons. The maximum absolute atomic E-state index is 11.8. The fourth-order valence-electron chi connectivity index (χ4n) is 2.28. The summed E-state index contributed by atoms with van der Waals surface area (Å²) in [5.41, 5.74) is 8.59. The molecule has 1 heterocycles. The van der Waals surface area contributed by atoms with E-state index >= 15 is 0 Å². The summed E-state index contributed by atoms with van der Waals surface area (Å²) >= 11 is 0. The number of aromatic nitrogens is 1. The number of fused-ring (bicyclic) bond motifs is 1. The Hall–Kier alpha value is -1.59. The molecule has 2 aromatic rings. The van der Waals surface area contributed by atoms with E-state index in [0.29, 0.717) is 31.2 Å². The van der Waals surface area contributed by atoms with Gasteiger partial charge in [0.1, 0.15) is 5.52 Å².